The van der Waals surface area contributed by atoms with Gasteiger partial charge >= 0.3 is 5.97 Å². The molecule has 10 nitrogen and oxygen atoms in total. The van der Waals surface area contributed by atoms with Crippen LogP contribution in [-0.2, 0) is 21.6 Å². The van der Waals surface area contributed by atoms with Crippen molar-refractivity contribution in [3.05, 3.63) is 59.9 Å². The minimum atomic E-state index is -1.69. The van der Waals surface area contributed by atoms with Gasteiger partial charge in [0.15, 0.2) is 11.4 Å². The number of ether oxygens (including phenoxy) is 2. The number of aromatic nitrogens is 3. The van der Waals surface area contributed by atoms with Crippen molar-refractivity contribution in [1.29, 1.82) is 0 Å². The van der Waals surface area contributed by atoms with Crippen LogP contribution in [0.2, 0.25) is 5.02 Å². The van der Waals surface area contributed by atoms with Crippen LogP contribution in [0.1, 0.15) is 31.2 Å². The Balaban J connectivity index is 0.00000368. The molecule has 13 heteroatoms. The van der Waals surface area contributed by atoms with Crippen LogP contribution in [0.25, 0.3) is 22.1 Å². The SMILES string of the molecule is [CH2-]COCCc1nc(N2CC(Oc3ncc(Cl)cc3[C@@]3(F)CCNC[C@@H]3C)C[C@H]2C(=O)O)c2oc3ccccc3c2n1.[Ho]. The van der Waals surface area contributed by atoms with Crippen LogP contribution in [0.4, 0.5) is 10.2 Å². The fourth-order valence-electron chi connectivity index (χ4n) is 5.92. The van der Waals surface area contributed by atoms with Crippen molar-refractivity contribution >= 4 is 45.5 Å². The number of piperidine rings is 1. The Hall–Kier alpha value is -2.28. The van der Waals surface area contributed by atoms with Gasteiger partial charge in [-0.1, -0.05) is 37.3 Å². The summed E-state index contributed by atoms with van der Waals surface area (Å²) >= 11 is 6.26. The van der Waals surface area contributed by atoms with Crippen molar-refractivity contribution in [1.82, 2.24) is 20.3 Å². The van der Waals surface area contributed by atoms with Crippen molar-refractivity contribution in [3.8, 4) is 5.88 Å². The van der Waals surface area contributed by atoms with Gasteiger partial charge in [0.2, 0.25) is 5.88 Å². The summed E-state index contributed by atoms with van der Waals surface area (Å²) in [6, 6.07) is 8.08. The zero-order valence-corrected chi connectivity index (χ0v) is 26.2. The fraction of sp³-hybridized carbons (Fsp3) is 0.433. The zero-order chi connectivity index (χ0) is 29.4. The third-order valence-electron chi connectivity index (χ3n) is 8.12. The maximum atomic E-state index is 16.4. The van der Waals surface area contributed by atoms with Gasteiger partial charge in [-0.3, -0.25) is 0 Å². The van der Waals surface area contributed by atoms with E-state index in [1.165, 1.54) is 6.20 Å². The summed E-state index contributed by atoms with van der Waals surface area (Å²) in [5.74, 6) is -0.406. The average molecular weight is 762 g/mol. The van der Waals surface area contributed by atoms with E-state index >= 15 is 4.39 Å². The Bertz CT molecular complexity index is 1620. The third-order valence-corrected chi connectivity index (χ3v) is 8.33. The molecule has 3 aromatic heterocycles. The predicted octanol–water partition coefficient (Wildman–Crippen LogP) is 4.72. The Morgan fingerprint density at radius 3 is 2.93 bits per heavy atom. The van der Waals surface area contributed by atoms with E-state index in [0.717, 1.165) is 5.39 Å². The van der Waals surface area contributed by atoms with Gasteiger partial charge in [0.05, 0.1) is 23.7 Å². The Morgan fingerprint density at radius 1 is 1.35 bits per heavy atom. The topological polar surface area (TPSA) is 123 Å². The van der Waals surface area contributed by atoms with Crippen molar-refractivity contribution in [2.24, 2.45) is 5.92 Å². The summed E-state index contributed by atoms with van der Waals surface area (Å²) < 4.78 is 34.3. The largest absolute Gasteiger partial charge is 0.480 e. The monoisotopic (exact) mass is 761 g/mol. The molecular formula is C30H32ClFHoN5O5-. The standard InChI is InChI=1S/C30H32ClFN5O5.Ho/c1-3-40-11-8-24-35-25-20-6-4-5-7-23(20)42-26(25)27(36-24)37-16-19(13-22(37)29(38)39)41-28-21(12-18(31)15-34-28)30(32)9-10-33-14-17(30)2;/h4-7,12,15,17,19,22,33H,1,3,8-11,13-14,16H2,2H3,(H,38,39);/q-1;/t17-,19?,22-,30+;/m0./s1. The molecule has 233 valence electrons. The smallest absolute Gasteiger partial charge is 0.326 e. The molecule has 4 aromatic rings. The van der Waals surface area contributed by atoms with Crippen molar-refractivity contribution < 1.29 is 65.9 Å². The maximum absolute atomic E-state index is 16.4. The first-order valence-corrected chi connectivity index (χ1v) is 14.4. The molecule has 1 unspecified atom stereocenters. The molecule has 0 aliphatic carbocycles. The number of rotatable bonds is 9. The number of nitrogens with one attached hydrogen (secondary N) is 1. The van der Waals surface area contributed by atoms with E-state index in [4.69, 9.17) is 35.5 Å². The molecule has 2 aliphatic rings. The molecule has 0 bridgehead atoms. The minimum Gasteiger partial charge on any atom is -0.480 e. The van der Waals surface area contributed by atoms with Crippen LogP contribution >= 0.6 is 11.6 Å². The molecule has 1 radical (unpaired) electrons. The number of carboxylic acid groups (broad SMARTS) is 1. The summed E-state index contributed by atoms with van der Waals surface area (Å²) in [4.78, 5) is 28.0. The van der Waals surface area contributed by atoms with Crippen LogP contribution in [-0.4, -0.2) is 71.0 Å². The Kier molecular flexibility index (Phi) is 9.99. The molecule has 5 heterocycles. The molecule has 6 rings (SSSR count). The number of furan rings is 1. The van der Waals surface area contributed by atoms with E-state index < -0.39 is 23.8 Å². The summed E-state index contributed by atoms with van der Waals surface area (Å²) in [5, 5.41) is 14.6. The molecule has 0 spiro atoms. The molecule has 2 N–H and O–H groups in total. The summed E-state index contributed by atoms with van der Waals surface area (Å²) in [6.45, 7) is 7.38. The molecule has 0 amide bonds. The molecule has 2 fully saturated rings. The van der Waals surface area contributed by atoms with Gasteiger partial charge in [-0.25, -0.2) is 24.1 Å². The minimum absolute atomic E-state index is 0. The maximum Gasteiger partial charge on any atom is 0.326 e. The van der Waals surface area contributed by atoms with Gasteiger partial charge in [0, 0.05) is 74.6 Å². The Labute approximate surface area is 283 Å². The van der Waals surface area contributed by atoms with Gasteiger partial charge in [-0.05, 0) is 31.2 Å². The summed E-state index contributed by atoms with van der Waals surface area (Å²) in [6.07, 6.45) is 1.58. The molecule has 43 heavy (non-hydrogen) atoms. The second-order valence-electron chi connectivity index (χ2n) is 10.8. The van der Waals surface area contributed by atoms with E-state index in [9.17, 15) is 9.90 Å². The number of nitrogens with zero attached hydrogens (tertiary/aromatic N) is 4. The molecule has 0 saturated carbocycles. The molecule has 1 aromatic carbocycles. The number of halogens is 2. The number of hydrogen-bond acceptors (Lipinski definition) is 9. The first kappa shape index (κ1) is 32.1. The van der Waals surface area contributed by atoms with Crippen molar-refractivity contribution in [2.45, 2.75) is 44.0 Å². The quantitative estimate of drug-likeness (QED) is 0.141. The number of pyridine rings is 1. The van der Waals surface area contributed by atoms with Crippen LogP contribution in [0.5, 0.6) is 5.88 Å². The number of carboxylic acids is 1. The van der Waals surface area contributed by atoms with Gasteiger partial charge < -0.3 is 36.1 Å². The van der Waals surface area contributed by atoms with E-state index in [1.54, 1.807) is 11.0 Å². The van der Waals surface area contributed by atoms with Gasteiger partial charge in [0.25, 0.3) is 0 Å². The van der Waals surface area contributed by atoms with Gasteiger partial charge in [-0.15, -0.1) is 0 Å². The van der Waals surface area contributed by atoms with Gasteiger partial charge in [0.1, 0.15) is 34.7 Å². The number of aliphatic carboxylic acids is 1. The number of hydrogen-bond donors (Lipinski definition) is 2. The number of para-hydroxylation sites is 1. The normalized spacial score (nSPS) is 23.9. The summed E-state index contributed by atoms with van der Waals surface area (Å²) in [5.41, 5.74) is 0.188. The number of fused-ring (bicyclic) bond motifs is 3. The Morgan fingerprint density at radius 2 is 2.16 bits per heavy atom. The molecule has 4 atom stereocenters. The number of anilines is 1. The fourth-order valence-corrected chi connectivity index (χ4v) is 6.08. The van der Waals surface area contributed by atoms with Crippen molar-refractivity contribution in [3.63, 3.8) is 0 Å². The second kappa shape index (κ2) is 13.4. The van der Waals surface area contributed by atoms with Crippen LogP contribution in [0, 0.1) is 50.6 Å². The van der Waals surface area contributed by atoms with E-state index in [0.29, 0.717) is 66.1 Å². The van der Waals surface area contributed by atoms with E-state index in [2.05, 4.69) is 17.2 Å². The number of carbonyl (C=O) groups is 1. The number of benzene rings is 1. The summed E-state index contributed by atoms with van der Waals surface area (Å²) in [7, 11) is 0. The van der Waals surface area contributed by atoms with Crippen molar-refractivity contribution in [2.75, 3.05) is 37.7 Å². The van der Waals surface area contributed by atoms with Gasteiger partial charge in [-0.2, -0.15) is 0 Å². The van der Waals surface area contributed by atoms with E-state index in [-0.39, 0.29) is 74.5 Å². The van der Waals surface area contributed by atoms with Crippen LogP contribution in [0.15, 0.2) is 40.9 Å². The predicted molar refractivity (Wildman–Crippen MR) is 156 cm³/mol. The molecule has 2 saturated heterocycles. The second-order valence-corrected chi connectivity index (χ2v) is 11.2. The number of alkyl halides is 1. The first-order chi connectivity index (χ1) is 20.3. The zero-order valence-electron chi connectivity index (χ0n) is 23.5. The van der Waals surface area contributed by atoms with Crippen LogP contribution in [0.3, 0.4) is 0 Å². The average Bonchev–Trinajstić information content (AvgIpc) is 3.57. The third kappa shape index (κ3) is 6.30. The first-order valence-electron chi connectivity index (χ1n) is 14.1. The van der Waals surface area contributed by atoms with E-state index in [1.807, 2.05) is 31.2 Å². The molecular weight excluding hydrogens is 730 g/mol. The molecule has 2 aliphatic heterocycles. The van der Waals surface area contributed by atoms with Crippen LogP contribution < -0.4 is 15.0 Å².